The van der Waals surface area contributed by atoms with Crippen molar-refractivity contribution in [2.75, 3.05) is 59.6 Å². The summed E-state index contributed by atoms with van der Waals surface area (Å²) < 4.78 is 16.6. The van der Waals surface area contributed by atoms with Crippen LogP contribution in [-0.2, 0) is 0 Å². The fraction of sp³-hybridized carbons (Fsp3) is 0.375. The van der Waals surface area contributed by atoms with Crippen LogP contribution in [0.3, 0.4) is 0 Å². The highest BCUT2D eigenvalue weighted by Gasteiger charge is 2.16. The maximum Gasteiger partial charge on any atom is 0.344 e. The van der Waals surface area contributed by atoms with E-state index in [-0.39, 0.29) is 12.2 Å². The fourth-order valence-corrected chi connectivity index (χ4v) is 3.82. The minimum atomic E-state index is -0.379. The Morgan fingerprint density at radius 1 is 0.935 bits per heavy atom. The molecule has 1 N–H and O–H groups in total. The maximum absolute atomic E-state index is 12.5. The van der Waals surface area contributed by atoms with E-state index < -0.39 is 0 Å². The fourth-order valence-electron chi connectivity index (χ4n) is 3.82. The maximum atomic E-state index is 12.5. The Morgan fingerprint density at radius 2 is 1.61 bits per heavy atom. The second-order valence-electron chi connectivity index (χ2n) is 7.63. The van der Waals surface area contributed by atoms with Crippen LogP contribution < -0.4 is 15.1 Å². The van der Waals surface area contributed by atoms with Crippen LogP contribution in [0.1, 0.15) is 0 Å². The Labute approximate surface area is 181 Å². The molecule has 2 heterocycles. The molecule has 1 saturated heterocycles. The molecule has 0 atom stereocenters. The molecule has 0 aliphatic carbocycles. The van der Waals surface area contributed by atoms with E-state index >= 15 is 0 Å². The molecule has 0 bridgehead atoms. The molecule has 0 saturated carbocycles. The van der Waals surface area contributed by atoms with Gasteiger partial charge in [0.1, 0.15) is 23.7 Å². The van der Waals surface area contributed by atoms with Crippen molar-refractivity contribution in [1.29, 1.82) is 0 Å². The highest BCUT2D eigenvalue weighted by Crippen LogP contribution is 2.25. The third kappa shape index (κ3) is 5.25. The van der Waals surface area contributed by atoms with Crippen LogP contribution in [0.2, 0.25) is 0 Å². The number of aliphatic hydroxyl groups excluding tert-OH is 1. The highest BCUT2D eigenvalue weighted by molar-refractivity contribution is 5.82. The van der Waals surface area contributed by atoms with Crippen molar-refractivity contribution < 1.29 is 19.0 Å². The molecule has 7 nitrogen and oxygen atoms in total. The van der Waals surface area contributed by atoms with E-state index in [0.717, 1.165) is 56.0 Å². The molecule has 1 aliphatic rings. The van der Waals surface area contributed by atoms with Gasteiger partial charge in [0.25, 0.3) is 0 Å². The topological polar surface area (TPSA) is 75.4 Å². The quantitative estimate of drug-likeness (QED) is 0.557. The molecule has 1 aliphatic heterocycles. The lowest BCUT2D eigenvalue weighted by molar-refractivity contribution is 0.102. The standard InChI is InChI=1S/C24H28N2O5/c1-29-20-5-2-18(3-6-20)22-16-19-4-7-21(17-23(19)31-24(22)28)30-15-13-26-10-8-25(9-11-26)12-14-27/h2-7,16-17,27H,8-15H2,1H3. The first-order valence-electron chi connectivity index (χ1n) is 10.6. The summed E-state index contributed by atoms with van der Waals surface area (Å²) >= 11 is 0. The van der Waals surface area contributed by atoms with Crippen LogP contribution in [0.4, 0.5) is 0 Å². The van der Waals surface area contributed by atoms with E-state index in [2.05, 4.69) is 9.80 Å². The van der Waals surface area contributed by atoms with Gasteiger partial charge in [0.2, 0.25) is 0 Å². The van der Waals surface area contributed by atoms with Crippen molar-refractivity contribution in [2.24, 2.45) is 0 Å². The van der Waals surface area contributed by atoms with E-state index in [1.807, 2.05) is 42.5 Å². The summed E-state index contributed by atoms with van der Waals surface area (Å²) in [6.45, 7) is 6.26. The summed E-state index contributed by atoms with van der Waals surface area (Å²) in [5.41, 5.74) is 1.44. The predicted molar refractivity (Wildman–Crippen MR) is 120 cm³/mol. The number of nitrogens with zero attached hydrogens (tertiary/aromatic N) is 2. The summed E-state index contributed by atoms with van der Waals surface area (Å²) in [6, 6.07) is 14.8. The Hall–Kier alpha value is -2.87. The highest BCUT2D eigenvalue weighted by atomic mass is 16.5. The van der Waals surface area contributed by atoms with Gasteiger partial charge in [-0.15, -0.1) is 0 Å². The number of aliphatic hydroxyl groups is 1. The normalized spacial score (nSPS) is 15.3. The van der Waals surface area contributed by atoms with Gasteiger partial charge in [0, 0.05) is 50.7 Å². The van der Waals surface area contributed by atoms with Crippen molar-refractivity contribution in [3.05, 3.63) is 59.0 Å². The van der Waals surface area contributed by atoms with Gasteiger partial charge in [-0.2, -0.15) is 0 Å². The summed E-state index contributed by atoms with van der Waals surface area (Å²) in [6.07, 6.45) is 0. The van der Waals surface area contributed by atoms with Gasteiger partial charge in [0.15, 0.2) is 0 Å². The number of hydrogen-bond acceptors (Lipinski definition) is 7. The van der Waals surface area contributed by atoms with Gasteiger partial charge in [0.05, 0.1) is 19.3 Å². The van der Waals surface area contributed by atoms with Crippen molar-refractivity contribution in [3.8, 4) is 22.6 Å². The largest absolute Gasteiger partial charge is 0.497 e. The van der Waals surface area contributed by atoms with Crippen LogP contribution in [0, 0.1) is 0 Å². The molecule has 3 aromatic rings. The molecule has 1 fully saturated rings. The van der Waals surface area contributed by atoms with Crippen LogP contribution in [0.5, 0.6) is 11.5 Å². The smallest absolute Gasteiger partial charge is 0.344 e. The van der Waals surface area contributed by atoms with E-state index in [9.17, 15) is 4.79 Å². The Morgan fingerprint density at radius 3 is 2.29 bits per heavy atom. The molecule has 4 rings (SSSR count). The SMILES string of the molecule is COc1ccc(-c2cc3ccc(OCCN4CCN(CCO)CC4)cc3oc2=O)cc1. The zero-order valence-electron chi connectivity index (χ0n) is 17.8. The lowest BCUT2D eigenvalue weighted by Gasteiger charge is -2.34. The minimum Gasteiger partial charge on any atom is -0.497 e. The molecule has 2 aromatic carbocycles. The van der Waals surface area contributed by atoms with E-state index in [1.165, 1.54) is 0 Å². The monoisotopic (exact) mass is 424 g/mol. The van der Waals surface area contributed by atoms with Crippen molar-refractivity contribution in [2.45, 2.75) is 0 Å². The summed E-state index contributed by atoms with van der Waals surface area (Å²) in [7, 11) is 1.61. The van der Waals surface area contributed by atoms with E-state index in [1.54, 1.807) is 13.2 Å². The van der Waals surface area contributed by atoms with Crippen molar-refractivity contribution in [1.82, 2.24) is 9.80 Å². The summed E-state index contributed by atoms with van der Waals surface area (Å²) in [5, 5.41) is 9.87. The van der Waals surface area contributed by atoms with Crippen molar-refractivity contribution in [3.63, 3.8) is 0 Å². The van der Waals surface area contributed by atoms with Crippen LogP contribution in [-0.4, -0.2) is 74.5 Å². The number of methoxy groups -OCH3 is 1. The zero-order chi connectivity index (χ0) is 21.6. The Bertz CT molecular complexity index is 1060. The molecule has 7 heteroatoms. The average Bonchev–Trinajstić information content (AvgIpc) is 2.80. The molecular weight excluding hydrogens is 396 g/mol. The summed E-state index contributed by atoms with van der Waals surface area (Å²) in [4.78, 5) is 17.2. The van der Waals surface area contributed by atoms with Crippen LogP contribution in [0.25, 0.3) is 22.1 Å². The number of benzene rings is 2. The van der Waals surface area contributed by atoms with Crippen LogP contribution in [0.15, 0.2) is 57.7 Å². The van der Waals surface area contributed by atoms with Crippen molar-refractivity contribution >= 4 is 11.0 Å². The number of β-amino-alcohol motifs (C(OH)–C–C–N with tert-alkyl or cyclic N) is 1. The summed E-state index contributed by atoms with van der Waals surface area (Å²) in [5.74, 6) is 1.43. The van der Waals surface area contributed by atoms with Gasteiger partial charge in [-0.3, -0.25) is 9.80 Å². The molecule has 0 radical (unpaired) electrons. The molecule has 0 unspecified atom stereocenters. The van der Waals surface area contributed by atoms with Gasteiger partial charge in [-0.05, 0) is 35.9 Å². The Balaban J connectivity index is 1.39. The number of hydrogen-bond donors (Lipinski definition) is 1. The van der Waals surface area contributed by atoms with Gasteiger partial charge >= 0.3 is 5.63 Å². The first-order chi connectivity index (χ1) is 15.2. The van der Waals surface area contributed by atoms with Gasteiger partial charge in [-0.1, -0.05) is 12.1 Å². The molecule has 0 spiro atoms. The van der Waals surface area contributed by atoms with Crippen LogP contribution >= 0.6 is 0 Å². The third-order valence-electron chi connectivity index (χ3n) is 5.67. The number of piperazine rings is 1. The second-order valence-corrected chi connectivity index (χ2v) is 7.63. The van der Waals surface area contributed by atoms with E-state index in [0.29, 0.717) is 23.5 Å². The Kier molecular flexibility index (Phi) is 6.86. The second kappa shape index (κ2) is 9.96. The molecule has 31 heavy (non-hydrogen) atoms. The third-order valence-corrected chi connectivity index (χ3v) is 5.67. The molecule has 1 aromatic heterocycles. The molecular formula is C24H28N2O5. The van der Waals surface area contributed by atoms with Gasteiger partial charge in [-0.25, -0.2) is 4.79 Å². The molecule has 164 valence electrons. The predicted octanol–water partition coefficient (Wildman–Crippen LogP) is 2.46. The zero-order valence-corrected chi connectivity index (χ0v) is 17.8. The average molecular weight is 424 g/mol. The number of rotatable bonds is 8. The van der Waals surface area contributed by atoms with E-state index in [4.69, 9.17) is 19.0 Å². The molecule has 0 amide bonds. The first kappa shape index (κ1) is 21.4. The lowest BCUT2D eigenvalue weighted by atomic mass is 10.1. The first-order valence-corrected chi connectivity index (χ1v) is 10.6. The lowest BCUT2D eigenvalue weighted by Crippen LogP contribution is -2.48. The minimum absolute atomic E-state index is 0.211. The number of ether oxygens (including phenoxy) is 2. The van der Waals surface area contributed by atoms with Gasteiger partial charge < -0.3 is 19.0 Å². The number of fused-ring (bicyclic) bond motifs is 1.